The number of likely N-dealkylation sites (tertiary alicyclic amines) is 1. The van der Waals surface area contributed by atoms with Gasteiger partial charge in [-0.1, -0.05) is 20.8 Å². The maximum absolute atomic E-state index is 12.5. The van der Waals surface area contributed by atoms with Crippen molar-refractivity contribution in [3.8, 4) is 0 Å². The first kappa shape index (κ1) is 22.3. The van der Waals surface area contributed by atoms with Gasteiger partial charge in [-0.05, 0) is 44.3 Å². The molecule has 1 fully saturated rings. The van der Waals surface area contributed by atoms with Gasteiger partial charge in [0, 0.05) is 13.6 Å². The van der Waals surface area contributed by atoms with Crippen LogP contribution in [0.5, 0.6) is 0 Å². The summed E-state index contributed by atoms with van der Waals surface area (Å²) < 4.78 is 0. The van der Waals surface area contributed by atoms with Gasteiger partial charge in [0.2, 0.25) is 5.91 Å². The van der Waals surface area contributed by atoms with Gasteiger partial charge >= 0.3 is 0 Å². The van der Waals surface area contributed by atoms with Crippen molar-refractivity contribution in [1.29, 1.82) is 0 Å². The molecular formula is C14H31Cl2N3O. The van der Waals surface area contributed by atoms with Crippen LogP contribution >= 0.6 is 24.8 Å². The van der Waals surface area contributed by atoms with Crippen LogP contribution in [0.15, 0.2) is 0 Å². The van der Waals surface area contributed by atoms with Gasteiger partial charge in [-0.2, -0.15) is 0 Å². The Morgan fingerprint density at radius 2 is 2.00 bits per heavy atom. The summed E-state index contributed by atoms with van der Waals surface area (Å²) in [7, 11) is 1.90. The van der Waals surface area contributed by atoms with Crippen molar-refractivity contribution in [2.75, 3.05) is 33.2 Å². The van der Waals surface area contributed by atoms with Gasteiger partial charge in [0.25, 0.3) is 0 Å². The van der Waals surface area contributed by atoms with Gasteiger partial charge in [-0.3, -0.25) is 9.69 Å². The number of nitrogens with two attached hydrogens (primary N) is 1. The van der Waals surface area contributed by atoms with Crippen LogP contribution in [0.1, 0.15) is 40.0 Å². The summed E-state index contributed by atoms with van der Waals surface area (Å²) in [5.74, 6) is 0.266. The molecule has 0 aliphatic carbocycles. The predicted molar refractivity (Wildman–Crippen MR) is 89.9 cm³/mol. The zero-order valence-corrected chi connectivity index (χ0v) is 14.9. The van der Waals surface area contributed by atoms with Crippen LogP contribution in [0.4, 0.5) is 0 Å². The molecule has 1 rings (SSSR count). The molecule has 0 saturated carbocycles. The van der Waals surface area contributed by atoms with Crippen molar-refractivity contribution < 1.29 is 4.79 Å². The number of hydrogen-bond donors (Lipinski definition) is 1. The van der Waals surface area contributed by atoms with Crippen LogP contribution in [0.2, 0.25) is 0 Å². The molecule has 122 valence electrons. The fourth-order valence-electron chi connectivity index (χ4n) is 2.70. The monoisotopic (exact) mass is 327 g/mol. The third kappa shape index (κ3) is 6.17. The zero-order chi connectivity index (χ0) is 13.8. The number of amides is 1. The van der Waals surface area contributed by atoms with Crippen molar-refractivity contribution in [3.63, 3.8) is 0 Å². The third-order valence-electron chi connectivity index (χ3n) is 3.75. The molecule has 1 saturated heterocycles. The van der Waals surface area contributed by atoms with E-state index in [2.05, 4.69) is 25.7 Å². The first-order chi connectivity index (χ1) is 8.41. The number of hydrogen-bond acceptors (Lipinski definition) is 3. The van der Waals surface area contributed by atoms with Gasteiger partial charge in [0.15, 0.2) is 0 Å². The van der Waals surface area contributed by atoms with Crippen LogP contribution in [0.25, 0.3) is 0 Å². The Kier molecular flexibility index (Phi) is 10.9. The van der Waals surface area contributed by atoms with E-state index >= 15 is 0 Å². The molecule has 4 nitrogen and oxygen atoms in total. The highest BCUT2D eigenvalue weighted by molar-refractivity contribution is 5.85. The molecule has 1 aliphatic heterocycles. The zero-order valence-electron chi connectivity index (χ0n) is 13.2. The molecule has 0 radical (unpaired) electrons. The average molecular weight is 328 g/mol. The lowest BCUT2D eigenvalue weighted by atomic mass is 9.93. The minimum absolute atomic E-state index is 0. The minimum atomic E-state index is -0.00139. The average Bonchev–Trinajstić information content (AvgIpc) is 2.76. The van der Waals surface area contributed by atoms with E-state index in [0.29, 0.717) is 6.54 Å². The number of rotatable bonds is 6. The lowest BCUT2D eigenvalue weighted by Crippen LogP contribution is -2.48. The van der Waals surface area contributed by atoms with Gasteiger partial charge < -0.3 is 10.6 Å². The molecule has 1 amide bonds. The van der Waals surface area contributed by atoms with E-state index in [4.69, 9.17) is 5.73 Å². The number of carbonyl (C=O) groups is 1. The molecule has 1 atom stereocenters. The SMILES string of the molecule is CCCN1CCCC1C(=O)N(C)CC(C)(C)CN.Cl.Cl. The summed E-state index contributed by atoms with van der Waals surface area (Å²) >= 11 is 0. The number of carbonyl (C=O) groups excluding carboxylic acids is 1. The summed E-state index contributed by atoms with van der Waals surface area (Å²) in [4.78, 5) is 16.7. The Morgan fingerprint density at radius 1 is 1.40 bits per heavy atom. The molecule has 0 bridgehead atoms. The molecule has 1 aliphatic rings. The van der Waals surface area contributed by atoms with Crippen molar-refractivity contribution in [3.05, 3.63) is 0 Å². The Hall–Kier alpha value is -0.0300. The molecule has 0 aromatic rings. The summed E-state index contributed by atoms with van der Waals surface area (Å²) in [6.45, 7) is 9.82. The van der Waals surface area contributed by atoms with Crippen LogP contribution in [-0.4, -0.2) is 55.0 Å². The number of halogens is 2. The maximum Gasteiger partial charge on any atom is 0.239 e. The highest BCUT2D eigenvalue weighted by Gasteiger charge is 2.33. The van der Waals surface area contributed by atoms with E-state index in [9.17, 15) is 4.79 Å². The molecule has 1 heterocycles. The van der Waals surface area contributed by atoms with Crippen molar-refractivity contribution in [1.82, 2.24) is 9.80 Å². The summed E-state index contributed by atoms with van der Waals surface area (Å²) in [6.07, 6.45) is 3.26. The maximum atomic E-state index is 12.5. The normalized spacial score (nSPS) is 19.1. The van der Waals surface area contributed by atoms with E-state index in [1.54, 1.807) is 0 Å². The smallest absolute Gasteiger partial charge is 0.239 e. The fraction of sp³-hybridized carbons (Fsp3) is 0.929. The predicted octanol–water partition coefficient (Wildman–Crippen LogP) is 2.15. The van der Waals surface area contributed by atoms with Crippen LogP contribution in [-0.2, 0) is 4.79 Å². The largest absolute Gasteiger partial charge is 0.344 e. The first-order valence-corrected chi connectivity index (χ1v) is 7.10. The second kappa shape index (κ2) is 9.82. The Morgan fingerprint density at radius 3 is 2.50 bits per heavy atom. The van der Waals surface area contributed by atoms with E-state index in [-0.39, 0.29) is 42.2 Å². The van der Waals surface area contributed by atoms with Crippen molar-refractivity contribution in [2.24, 2.45) is 11.1 Å². The molecule has 20 heavy (non-hydrogen) atoms. The molecule has 2 N–H and O–H groups in total. The molecule has 6 heteroatoms. The van der Waals surface area contributed by atoms with Gasteiger partial charge in [0.05, 0.1) is 6.04 Å². The highest BCUT2D eigenvalue weighted by atomic mass is 35.5. The number of likely N-dealkylation sites (N-methyl/N-ethyl adjacent to an activating group) is 1. The van der Waals surface area contributed by atoms with Crippen LogP contribution in [0, 0.1) is 5.41 Å². The Labute approximate surface area is 136 Å². The lowest BCUT2D eigenvalue weighted by molar-refractivity contribution is -0.135. The summed E-state index contributed by atoms with van der Waals surface area (Å²) in [5, 5.41) is 0. The fourth-order valence-corrected chi connectivity index (χ4v) is 2.70. The second-order valence-corrected chi connectivity index (χ2v) is 6.26. The quantitative estimate of drug-likeness (QED) is 0.813. The molecule has 0 spiro atoms. The van der Waals surface area contributed by atoms with Crippen molar-refractivity contribution >= 4 is 30.7 Å². The van der Waals surface area contributed by atoms with E-state index in [0.717, 1.165) is 38.9 Å². The van der Waals surface area contributed by atoms with Crippen LogP contribution in [0.3, 0.4) is 0 Å². The highest BCUT2D eigenvalue weighted by Crippen LogP contribution is 2.21. The molecular weight excluding hydrogens is 297 g/mol. The van der Waals surface area contributed by atoms with E-state index < -0.39 is 0 Å². The van der Waals surface area contributed by atoms with E-state index in [1.807, 2.05) is 11.9 Å². The van der Waals surface area contributed by atoms with E-state index in [1.165, 1.54) is 0 Å². The molecule has 0 aromatic carbocycles. The minimum Gasteiger partial charge on any atom is -0.344 e. The number of nitrogens with zero attached hydrogens (tertiary/aromatic N) is 2. The van der Waals surface area contributed by atoms with Gasteiger partial charge in [-0.25, -0.2) is 0 Å². The Balaban J connectivity index is 0. The standard InChI is InChI=1S/C14H29N3O.2ClH/c1-5-8-17-9-6-7-12(17)13(18)16(4)11-14(2,3)10-15;;/h12H,5-11,15H2,1-4H3;2*1H. The summed E-state index contributed by atoms with van der Waals surface area (Å²) in [5.41, 5.74) is 5.73. The lowest BCUT2D eigenvalue weighted by Gasteiger charge is -2.33. The topological polar surface area (TPSA) is 49.6 Å². The van der Waals surface area contributed by atoms with Crippen LogP contribution < -0.4 is 5.73 Å². The first-order valence-electron chi connectivity index (χ1n) is 7.10. The van der Waals surface area contributed by atoms with Gasteiger partial charge in [0.1, 0.15) is 0 Å². The van der Waals surface area contributed by atoms with Gasteiger partial charge in [-0.15, -0.1) is 24.8 Å². The molecule has 0 aromatic heterocycles. The third-order valence-corrected chi connectivity index (χ3v) is 3.75. The summed E-state index contributed by atoms with van der Waals surface area (Å²) in [6, 6.07) is 0.100. The Bertz CT molecular complexity index is 288. The van der Waals surface area contributed by atoms with Crippen molar-refractivity contribution in [2.45, 2.75) is 46.1 Å². The molecule has 1 unspecified atom stereocenters. The second-order valence-electron chi connectivity index (χ2n) is 6.26.